The highest BCUT2D eigenvalue weighted by Crippen LogP contribution is 2.23. The average molecular weight is 242 g/mol. The topological polar surface area (TPSA) is 55.1 Å². The van der Waals surface area contributed by atoms with E-state index in [-0.39, 0.29) is 0 Å². The third-order valence-corrected chi connectivity index (χ3v) is 2.49. The van der Waals surface area contributed by atoms with E-state index in [0.717, 1.165) is 5.39 Å². The first kappa shape index (κ1) is 12.3. The van der Waals surface area contributed by atoms with E-state index in [1.165, 1.54) is 0 Å². The number of ether oxygens (including phenoxy) is 2. The van der Waals surface area contributed by atoms with E-state index in [4.69, 9.17) is 14.7 Å². The van der Waals surface area contributed by atoms with Crippen molar-refractivity contribution >= 4 is 10.9 Å². The number of nitrogens with zero attached hydrogens (tertiary/aromatic N) is 2. The Labute approximate surface area is 106 Å². The Morgan fingerprint density at radius 1 is 1.22 bits per heavy atom. The van der Waals surface area contributed by atoms with Gasteiger partial charge in [0, 0.05) is 12.0 Å². The molecule has 0 atom stereocenters. The molecule has 0 amide bonds. The van der Waals surface area contributed by atoms with Crippen molar-refractivity contribution in [3.8, 4) is 11.8 Å². The van der Waals surface area contributed by atoms with Crippen molar-refractivity contribution in [3.05, 3.63) is 36.0 Å². The summed E-state index contributed by atoms with van der Waals surface area (Å²) in [6.07, 6.45) is 0. The normalized spacial score (nSPS) is 10.2. The predicted molar refractivity (Wildman–Crippen MR) is 68.4 cm³/mol. The lowest BCUT2D eigenvalue weighted by Crippen LogP contribution is -2.06. The van der Waals surface area contributed by atoms with Gasteiger partial charge in [-0.3, -0.25) is 0 Å². The zero-order valence-corrected chi connectivity index (χ0v) is 10.2. The van der Waals surface area contributed by atoms with Crippen LogP contribution in [0.25, 0.3) is 10.9 Å². The average Bonchev–Trinajstić information content (AvgIpc) is 2.43. The van der Waals surface area contributed by atoms with E-state index in [1.807, 2.05) is 37.3 Å². The van der Waals surface area contributed by atoms with Crippen LogP contribution in [0.1, 0.15) is 12.6 Å². The molecule has 2 rings (SSSR count). The highest BCUT2D eigenvalue weighted by atomic mass is 16.5. The number of benzene rings is 1. The maximum absolute atomic E-state index is 8.86. The van der Waals surface area contributed by atoms with Crippen molar-refractivity contribution in [2.75, 3.05) is 19.8 Å². The number of fused-ring (bicyclic) bond motifs is 1. The van der Waals surface area contributed by atoms with Gasteiger partial charge >= 0.3 is 0 Å². The van der Waals surface area contributed by atoms with Crippen LogP contribution >= 0.6 is 0 Å². The quantitative estimate of drug-likeness (QED) is 0.756. The lowest BCUT2D eigenvalue weighted by Gasteiger charge is -2.08. The number of para-hydroxylation sites is 1. The van der Waals surface area contributed by atoms with Gasteiger partial charge in [0.2, 0.25) is 0 Å². The highest BCUT2D eigenvalue weighted by molar-refractivity contribution is 5.84. The van der Waals surface area contributed by atoms with Gasteiger partial charge in [0.05, 0.1) is 6.61 Å². The van der Waals surface area contributed by atoms with Crippen LogP contribution in [-0.4, -0.2) is 24.8 Å². The smallest absolute Gasteiger partial charge is 0.145 e. The minimum Gasteiger partial charge on any atom is -0.489 e. The van der Waals surface area contributed by atoms with Gasteiger partial charge in [-0.15, -0.1) is 0 Å². The Hall–Kier alpha value is -2.12. The zero-order valence-electron chi connectivity index (χ0n) is 10.2. The Morgan fingerprint density at radius 2 is 2.11 bits per heavy atom. The van der Waals surface area contributed by atoms with E-state index < -0.39 is 0 Å². The summed E-state index contributed by atoms with van der Waals surface area (Å²) < 4.78 is 10.8. The van der Waals surface area contributed by atoms with Crippen molar-refractivity contribution in [1.82, 2.24) is 4.98 Å². The minimum absolute atomic E-state index is 0.392. The first-order chi connectivity index (χ1) is 8.85. The molecule has 0 saturated carbocycles. The summed E-state index contributed by atoms with van der Waals surface area (Å²) in [4.78, 5) is 4.27. The van der Waals surface area contributed by atoms with Gasteiger partial charge in [0.1, 0.15) is 29.6 Å². The molecule has 0 saturated heterocycles. The molecule has 2 aromatic rings. The van der Waals surface area contributed by atoms with Crippen LogP contribution < -0.4 is 4.74 Å². The van der Waals surface area contributed by atoms with Gasteiger partial charge in [-0.25, -0.2) is 4.98 Å². The van der Waals surface area contributed by atoms with Crippen molar-refractivity contribution < 1.29 is 9.47 Å². The van der Waals surface area contributed by atoms with Crippen LogP contribution in [0.4, 0.5) is 0 Å². The molecule has 0 N–H and O–H groups in total. The van der Waals surface area contributed by atoms with Crippen LogP contribution in [0.15, 0.2) is 30.3 Å². The minimum atomic E-state index is 0.392. The van der Waals surface area contributed by atoms with Crippen molar-refractivity contribution in [1.29, 1.82) is 5.26 Å². The molecule has 0 aliphatic heterocycles. The third kappa shape index (κ3) is 2.76. The molecule has 1 heterocycles. The molecule has 0 aliphatic carbocycles. The van der Waals surface area contributed by atoms with Crippen LogP contribution in [0.5, 0.6) is 5.75 Å². The van der Waals surface area contributed by atoms with Crippen molar-refractivity contribution in [2.24, 2.45) is 0 Å². The molecule has 18 heavy (non-hydrogen) atoms. The molecule has 92 valence electrons. The molecule has 4 heteroatoms. The van der Waals surface area contributed by atoms with Gasteiger partial charge in [-0.1, -0.05) is 12.1 Å². The Balaban J connectivity index is 2.24. The number of pyridine rings is 1. The maximum atomic E-state index is 8.86. The van der Waals surface area contributed by atoms with Gasteiger partial charge in [0.25, 0.3) is 0 Å². The second kappa shape index (κ2) is 5.99. The molecule has 1 aromatic carbocycles. The number of nitriles is 1. The van der Waals surface area contributed by atoms with E-state index >= 15 is 0 Å². The summed E-state index contributed by atoms with van der Waals surface area (Å²) in [7, 11) is 0. The fourth-order valence-corrected chi connectivity index (χ4v) is 1.65. The number of aromatic nitrogens is 1. The second-order valence-corrected chi connectivity index (χ2v) is 3.68. The Kier molecular flexibility index (Phi) is 4.11. The molecule has 0 radical (unpaired) electrons. The SMILES string of the molecule is CCOCCOc1cccc2ccc(C#N)nc12. The molecule has 0 spiro atoms. The summed E-state index contributed by atoms with van der Waals surface area (Å²) in [6.45, 7) is 3.64. The number of rotatable bonds is 5. The van der Waals surface area contributed by atoms with Crippen LogP contribution in [0.3, 0.4) is 0 Å². The van der Waals surface area contributed by atoms with E-state index in [1.54, 1.807) is 6.07 Å². The molecule has 0 unspecified atom stereocenters. The molecule has 4 nitrogen and oxygen atoms in total. The van der Waals surface area contributed by atoms with E-state index in [0.29, 0.717) is 36.8 Å². The third-order valence-electron chi connectivity index (χ3n) is 2.49. The fourth-order valence-electron chi connectivity index (χ4n) is 1.65. The van der Waals surface area contributed by atoms with Crippen molar-refractivity contribution in [3.63, 3.8) is 0 Å². The number of hydrogen-bond acceptors (Lipinski definition) is 4. The molecule has 0 bridgehead atoms. The fraction of sp³-hybridized carbons (Fsp3) is 0.286. The Morgan fingerprint density at radius 3 is 2.89 bits per heavy atom. The second-order valence-electron chi connectivity index (χ2n) is 3.68. The van der Waals surface area contributed by atoms with Gasteiger partial charge in [-0.05, 0) is 25.1 Å². The Bertz CT molecular complexity index is 576. The molecule has 0 aliphatic rings. The first-order valence-corrected chi connectivity index (χ1v) is 5.85. The highest BCUT2D eigenvalue weighted by Gasteiger charge is 2.04. The van der Waals surface area contributed by atoms with Gasteiger partial charge in [-0.2, -0.15) is 5.26 Å². The van der Waals surface area contributed by atoms with Crippen LogP contribution in [0.2, 0.25) is 0 Å². The summed E-state index contributed by atoms with van der Waals surface area (Å²) in [5, 5.41) is 9.82. The van der Waals surface area contributed by atoms with Gasteiger partial charge in [0.15, 0.2) is 0 Å². The van der Waals surface area contributed by atoms with E-state index in [9.17, 15) is 0 Å². The largest absolute Gasteiger partial charge is 0.489 e. The standard InChI is InChI=1S/C14H14N2O2/c1-2-17-8-9-18-13-5-3-4-11-6-7-12(10-15)16-14(11)13/h3-7H,2,8-9H2,1H3. The predicted octanol–water partition coefficient (Wildman–Crippen LogP) is 2.52. The number of hydrogen-bond donors (Lipinski definition) is 0. The van der Waals surface area contributed by atoms with Gasteiger partial charge < -0.3 is 9.47 Å². The maximum Gasteiger partial charge on any atom is 0.145 e. The summed E-state index contributed by atoms with van der Waals surface area (Å²) >= 11 is 0. The summed E-state index contributed by atoms with van der Waals surface area (Å²) in [5.74, 6) is 0.685. The van der Waals surface area contributed by atoms with E-state index in [2.05, 4.69) is 4.98 Å². The monoisotopic (exact) mass is 242 g/mol. The molecule has 0 fully saturated rings. The van der Waals surface area contributed by atoms with Crippen LogP contribution in [-0.2, 0) is 4.74 Å². The lowest BCUT2D eigenvalue weighted by atomic mass is 10.2. The molecular formula is C14H14N2O2. The lowest BCUT2D eigenvalue weighted by molar-refractivity contribution is 0.110. The summed E-state index contributed by atoms with van der Waals surface area (Å²) in [5.41, 5.74) is 1.11. The van der Waals surface area contributed by atoms with Crippen LogP contribution in [0, 0.1) is 11.3 Å². The molecular weight excluding hydrogens is 228 g/mol. The first-order valence-electron chi connectivity index (χ1n) is 5.85. The zero-order chi connectivity index (χ0) is 12.8. The molecule has 1 aromatic heterocycles. The summed E-state index contributed by atoms with van der Waals surface area (Å²) in [6, 6.07) is 11.3. The van der Waals surface area contributed by atoms with Crippen molar-refractivity contribution in [2.45, 2.75) is 6.92 Å².